The lowest BCUT2D eigenvalue weighted by atomic mass is 9.80. The molecule has 2 aliphatic rings. The number of rotatable bonds is 0. The minimum absolute atomic E-state index is 0.271. The summed E-state index contributed by atoms with van der Waals surface area (Å²) in [4.78, 5) is 4.63. The molecule has 0 aromatic carbocycles. The monoisotopic (exact) mass is 184 g/mol. The van der Waals surface area contributed by atoms with Crippen LogP contribution in [0.2, 0.25) is 0 Å². The number of hydrogen-bond acceptors (Lipinski definition) is 3. The Bertz CT molecular complexity index is 195. The van der Waals surface area contributed by atoms with E-state index in [1.165, 1.54) is 44.3 Å². The van der Waals surface area contributed by atoms with E-state index in [1.54, 1.807) is 11.8 Å². The molecule has 0 saturated heterocycles. The second kappa shape index (κ2) is 3.29. The highest BCUT2D eigenvalue weighted by atomic mass is 32.2. The number of thioether (sulfide) groups is 1. The number of nitrogens with zero attached hydrogens (tertiary/aromatic N) is 1. The normalized spacial score (nSPS) is 28.5. The van der Waals surface area contributed by atoms with Crippen LogP contribution in [0.5, 0.6) is 0 Å². The molecule has 1 spiro atoms. The molecular weight excluding hydrogens is 168 g/mol. The van der Waals surface area contributed by atoms with Gasteiger partial charge in [-0.15, -0.1) is 0 Å². The molecule has 1 heterocycles. The molecule has 68 valence electrons. The van der Waals surface area contributed by atoms with Crippen molar-refractivity contribution in [1.82, 2.24) is 0 Å². The van der Waals surface area contributed by atoms with Crippen molar-refractivity contribution in [1.29, 1.82) is 0 Å². The van der Waals surface area contributed by atoms with Crippen LogP contribution in [-0.2, 0) is 0 Å². The third-order valence-electron chi connectivity index (χ3n) is 2.95. The number of aliphatic imine (C=N–C) groups is 1. The van der Waals surface area contributed by atoms with E-state index in [2.05, 4.69) is 4.99 Å². The average Bonchev–Trinajstić information content (AvgIpc) is 2.05. The van der Waals surface area contributed by atoms with Crippen molar-refractivity contribution in [3.8, 4) is 0 Å². The molecule has 0 aromatic rings. The maximum atomic E-state index is 5.75. The quantitative estimate of drug-likeness (QED) is 0.626. The maximum Gasteiger partial charge on any atom is 0.154 e. The van der Waals surface area contributed by atoms with Crippen LogP contribution in [0.3, 0.4) is 0 Å². The third-order valence-corrected chi connectivity index (χ3v) is 3.74. The Labute approximate surface area is 78.0 Å². The number of hydrogen-bond donors (Lipinski definition) is 1. The summed E-state index contributed by atoms with van der Waals surface area (Å²) >= 11 is 1.71. The molecular formula is C9H16N2S. The molecule has 3 heteroatoms. The van der Waals surface area contributed by atoms with Crippen LogP contribution in [0.25, 0.3) is 0 Å². The van der Waals surface area contributed by atoms with Gasteiger partial charge in [-0.25, -0.2) is 0 Å². The minimum atomic E-state index is 0.271. The van der Waals surface area contributed by atoms with Gasteiger partial charge in [0.25, 0.3) is 0 Å². The van der Waals surface area contributed by atoms with Gasteiger partial charge in [-0.3, -0.25) is 4.99 Å². The van der Waals surface area contributed by atoms with Crippen molar-refractivity contribution in [2.24, 2.45) is 10.7 Å². The molecule has 1 saturated carbocycles. The van der Waals surface area contributed by atoms with Gasteiger partial charge in [-0.1, -0.05) is 31.0 Å². The fraction of sp³-hybridized carbons (Fsp3) is 0.889. The van der Waals surface area contributed by atoms with Crippen molar-refractivity contribution in [3.05, 3.63) is 0 Å². The second-order valence-electron chi connectivity index (χ2n) is 3.83. The van der Waals surface area contributed by atoms with Crippen LogP contribution < -0.4 is 5.73 Å². The molecule has 2 nitrogen and oxygen atoms in total. The Morgan fingerprint density at radius 2 is 1.92 bits per heavy atom. The molecule has 0 unspecified atom stereocenters. The third kappa shape index (κ3) is 1.60. The number of nitrogens with two attached hydrogens (primary N) is 1. The van der Waals surface area contributed by atoms with Crippen LogP contribution in [-0.4, -0.2) is 16.5 Å². The fourth-order valence-corrected chi connectivity index (χ4v) is 3.19. The Morgan fingerprint density at radius 1 is 1.17 bits per heavy atom. The Morgan fingerprint density at radius 3 is 2.58 bits per heavy atom. The maximum absolute atomic E-state index is 5.75. The molecule has 0 bridgehead atoms. The number of amidine groups is 1. The first-order valence-corrected chi connectivity index (χ1v) is 5.77. The van der Waals surface area contributed by atoms with Crippen LogP contribution in [0, 0.1) is 0 Å². The van der Waals surface area contributed by atoms with Crippen molar-refractivity contribution < 1.29 is 0 Å². The van der Waals surface area contributed by atoms with Crippen molar-refractivity contribution in [2.75, 3.05) is 5.75 Å². The minimum Gasteiger partial charge on any atom is -0.379 e. The van der Waals surface area contributed by atoms with E-state index in [-0.39, 0.29) is 5.54 Å². The van der Waals surface area contributed by atoms with E-state index in [0.717, 1.165) is 5.17 Å². The Hall–Kier alpha value is -0.180. The van der Waals surface area contributed by atoms with E-state index >= 15 is 0 Å². The van der Waals surface area contributed by atoms with E-state index in [0.29, 0.717) is 0 Å². The zero-order valence-electron chi connectivity index (χ0n) is 7.38. The van der Waals surface area contributed by atoms with Gasteiger partial charge in [0.05, 0.1) is 5.54 Å². The van der Waals surface area contributed by atoms with Crippen LogP contribution in [0.1, 0.15) is 38.5 Å². The summed E-state index contributed by atoms with van der Waals surface area (Å²) in [6.45, 7) is 0. The summed E-state index contributed by atoms with van der Waals surface area (Å²) in [7, 11) is 0. The highest BCUT2D eigenvalue weighted by Crippen LogP contribution is 2.38. The summed E-state index contributed by atoms with van der Waals surface area (Å²) < 4.78 is 0. The van der Waals surface area contributed by atoms with Gasteiger partial charge in [0.2, 0.25) is 0 Å². The summed E-state index contributed by atoms with van der Waals surface area (Å²) in [5.74, 6) is 1.18. The lowest BCUT2D eigenvalue weighted by molar-refractivity contribution is 0.291. The van der Waals surface area contributed by atoms with Crippen molar-refractivity contribution in [2.45, 2.75) is 44.1 Å². The summed E-state index contributed by atoms with van der Waals surface area (Å²) in [6, 6.07) is 0. The van der Waals surface area contributed by atoms with Gasteiger partial charge in [0, 0.05) is 5.75 Å². The largest absolute Gasteiger partial charge is 0.379 e. The zero-order valence-corrected chi connectivity index (χ0v) is 8.20. The Kier molecular flexibility index (Phi) is 2.31. The highest BCUT2D eigenvalue weighted by Gasteiger charge is 2.33. The van der Waals surface area contributed by atoms with Gasteiger partial charge in [-0.2, -0.15) is 0 Å². The van der Waals surface area contributed by atoms with Crippen molar-refractivity contribution in [3.63, 3.8) is 0 Å². The standard InChI is InChI=1S/C9H16N2S/c10-8-11-9(6-7-12-8)4-2-1-3-5-9/h1-7H2,(H2,10,11). The molecule has 2 rings (SSSR count). The van der Waals surface area contributed by atoms with E-state index in [4.69, 9.17) is 5.73 Å². The van der Waals surface area contributed by atoms with E-state index < -0.39 is 0 Å². The Balaban J connectivity index is 2.12. The topological polar surface area (TPSA) is 38.4 Å². The molecule has 0 amide bonds. The molecule has 1 fully saturated rings. The molecule has 1 aliphatic heterocycles. The van der Waals surface area contributed by atoms with E-state index in [1.807, 2.05) is 0 Å². The van der Waals surface area contributed by atoms with Gasteiger partial charge >= 0.3 is 0 Å². The summed E-state index contributed by atoms with van der Waals surface area (Å²) in [6.07, 6.45) is 7.88. The van der Waals surface area contributed by atoms with Gasteiger partial charge in [-0.05, 0) is 19.3 Å². The highest BCUT2D eigenvalue weighted by molar-refractivity contribution is 8.13. The molecule has 0 radical (unpaired) electrons. The molecule has 12 heavy (non-hydrogen) atoms. The predicted molar refractivity (Wildman–Crippen MR) is 54.5 cm³/mol. The van der Waals surface area contributed by atoms with Gasteiger partial charge in [0.15, 0.2) is 5.17 Å². The van der Waals surface area contributed by atoms with Crippen LogP contribution >= 0.6 is 11.8 Å². The molecule has 1 aliphatic carbocycles. The smallest absolute Gasteiger partial charge is 0.154 e. The summed E-state index contributed by atoms with van der Waals surface area (Å²) in [5, 5.41) is 0.822. The fourth-order valence-electron chi connectivity index (χ4n) is 2.24. The zero-order chi connectivity index (χ0) is 8.44. The predicted octanol–water partition coefficient (Wildman–Crippen LogP) is 2.14. The molecule has 0 aromatic heterocycles. The lowest BCUT2D eigenvalue weighted by Crippen LogP contribution is -2.35. The lowest BCUT2D eigenvalue weighted by Gasteiger charge is -2.36. The van der Waals surface area contributed by atoms with Crippen molar-refractivity contribution >= 4 is 16.9 Å². The SMILES string of the molecule is NC1=NC2(CCCCC2)CCS1. The van der Waals surface area contributed by atoms with Gasteiger partial charge in [0.1, 0.15) is 0 Å². The average molecular weight is 184 g/mol. The summed E-state index contributed by atoms with van der Waals surface area (Å²) in [5.41, 5.74) is 6.02. The molecule has 0 atom stereocenters. The van der Waals surface area contributed by atoms with Crippen LogP contribution in [0.15, 0.2) is 4.99 Å². The first-order valence-electron chi connectivity index (χ1n) is 4.79. The van der Waals surface area contributed by atoms with E-state index in [9.17, 15) is 0 Å². The van der Waals surface area contributed by atoms with Gasteiger partial charge < -0.3 is 5.73 Å². The first kappa shape index (κ1) is 8.42. The molecule has 2 N–H and O–H groups in total. The second-order valence-corrected chi connectivity index (χ2v) is 4.95. The van der Waals surface area contributed by atoms with Crippen LogP contribution in [0.4, 0.5) is 0 Å². The first-order chi connectivity index (χ1) is 5.81.